The van der Waals surface area contributed by atoms with Crippen molar-refractivity contribution in [2.75, 3.05) is 14.2 Å². The van der Waals surface area contributed by atoms with E-state index in [-0.39, 0.29) is 13.0 Å². The number of carbonyl (C=O) groups is 1. The summed E-state index contributed by atoms with van der Waals surface area (Å²) in [7, 11) is 2.67. The summed E-state index contributed by atoms with van der Waals surface area (Å²) in [6.45, 7) is -0.174. The van der Waals surface area contributed by atoms with E-state index >= 15 is 0 Å². The van der Waals surface area contributed by atoms with Gasteiger partial charge in [-0.05, 0) is 39.5 Å². The molecule has 1 heterocycles. The standard InChI is InChI=1S/C15H19BrN2O5/c1-22-13(20)5-9(15(21)23-2)3-8-4-12(16)14-10(6-17-18-14)11(8)7-19/h4,6,9,15,19,21H,3,5,7H2,1-2H3,(H,17,18)/t9-,15?/m0/s1. The summed E-state index contributed by atoms with van der Waals surface area (Å²) < 4.78 is 10.4. The monoisotopic (exact) mass is 386 g/mol. The van der Waals surface area contributed by atoms with E-state index in [1.54, 1.807) is 6.20 Å². The zero-order valence-corrected chi connectivity index (χ0v) is 14.5. The molecule has 0 aliphatic carbocycles. The highest BCUT2D eigenvalue weighted by Gasteiger charge is 2.25. The number of esters is 1. The van der Waals surface area contributed by atoms with Crippen molar-refractivity contribution >= 4 is 32.8 Å². The van der Waals surface area contributed by atoms with Crippen molar-refractivity contribution in [3.05, 3.63) is 27.9 Å². The molecule has 0 aliphatic rings. The number of aliphatic hydroxyl groups excluding tert-OH is 2. The maximum Gasteiger partial charge on any atom is 0.305 e. The maximum atomic E-state index is 11.6. The van der Waals surface area contributed by atoms with Crippen LogP contribution in [-0.2, 0) is 27.3 Å². The van der Waals surface area contributed by atoms with Crippen molar-refractivity contribution < 1.29 is 24.5 Å². The predicted octanol–water partition coefficient (Wildman–Crippen LogP) is 1.50. The highest BCUT2D eigenvalue weighted by Crippen LogP contribution is 2.31. The van der Waals surface area contributed by atoms with E-state index in [0.29, 0.717) is 12.0 Å². The van der Waals surface area contributed by atoms with Crippen molar-refractivity contribution in [3.63, 3.8) is 0 Å². The molecule has 2 atom stereocenters. The molecule has 0 bridgehead atoms. The molecule has 3 N–H and O–H groups in total. The molecule has 0 fully saturated rings. The fraction of sp³-hybridized carbons (Fsp3) is 0.467. The minimum atomic E-state index is -1.11. The van der Waals surface area contributed by atoms with Crippen LogP contribution >= 0.6 is 15.9 Å². The van der Waals surface area contributed by atoms with Gasteiger partial charge in [0.25, 0.3) is 0 Å². The lowest BCUT2D eigenvalue weighted by atomic mass is 9.91. The highest BCUT2D eigenvalue weighted by atomic mass is 79.9. The molecular formula is C15H19BrN2O5. The van der Waals surface area contributed by atoms with Gasteiger partial charge in [0.05, 0.1) is 31.9 Å². The molecule has 2 aromatic rings. The van der Waals surface area contributed by atoms with Gasteiger partial charge in [0.1, 0.15) is 0 Å². The number of benzene rings is 1. The molecule has 0 radical (unpaired) electrons. The molecule has 0 saturated heterocycles. The molecular weight excluding hydrogens is 368 g/mol. The Kier molecular flexibility index (Phi) is 6.11. The number of hydrogen-bond donors (Lipinski definition) is 3. The van der Waals surface area contributed by atoms with Gasteiger partial charge < -0.3 is 19.7 Å². The number of hydrogen-bond acceptors (Lipinski definition) is 6. The van der Waals surface area contributed by atoms with Crippen LogP contribution in [0.25, 0.3) is 10.9 Å². The van der Waals surface area contributed by atoms with Crippen LogP contribution in [0.5, 0.6) is 0 Å². The lowest BCUT2D eigenvalue weighted by Crippen LogP contribution is -2.27. The number of ether oxygens (including phenoxy) is 2. The number of nitrogens with one attached hydrogen (secondary N) is 1. The Balaban J connectivity index is 2.38. The first-order chi connectivity index (χ1) is 11.0. The molecule has 7 nitrogen and oxygen atoms in total. The number of aromatic amines is 1. The second kappa shape index (κ2) is 7.87. The summed E-state index contributed by atoms with van der Waals surface area (Å²) in [6.07, 6.45) is 0.883. The number of rotatable bonds is 7. The Morgan fingerprint density at radius 1 is 1.48 bits per heavy atom. The third-order valence-electron chi connectivity index (χ3n) is 3.83. The Morgan fingerprint density at radius 3 is 2.83 bits per heavy atom. The molecule has 1 aromatic heterocycles. The molecule has 0 saturated carbocycles. The summed E-state index contributed by atoms with van der Waals surface area (Å²) in [5.74, 6) is -0.922. The van der Waals surface area contributed by atoms with Gasteiger partial charge in [-0.1, -0.05) is 0 Å². The average Bonchev–Trinajstić information content (AvgIpc) is 3.03. The molecule has 8 heteroatoms. The Hall–Kier alpha value is -1.48. The van der Waals surface area contributed by atoms with Gasteiger partial charge in [-0.15, -0.1) is 0 Å². The van der Waals surface area contributed by atoms with E-state index < -0.39 is 18.2 Å². The molecule has 23 heavy (non-hydrogen) atoms. The smallest absolute Gasteiger partial charge is 0.305 e. The first-order valence-corrected chi connectivity index (χ1v) is 7.83. The first kappa shape index (κ1) is 17.9. The second-order valence-corrected chi connectivity index (χ2v) is 6.04. The Morgan fingerprint density at radius 2 is 2.22 bits per heavy atom. The van der Waals surface area contributed by atoms with Gasteiger partial charge in [-0.3, -0.25) is 9.89 Å². The van der Waals surface area contributed by atoms with Gasteiger partial charge in [0, 0.05) is 22.9 Å². The third-order valence-corrected chi connectivity index (χ3v) is 4.46. The van der Waals surface area contributed by atoms with Gasteiger partial charge in [0.2, 0.25) is 0 Å². The molecule has 126 valence electrons. The van der Waals surface area contributed by atoms with Crippen LogP contribution in [-0.4, -0.2) is 46.9 Å². The van der Waals surface area contributed by atoms with Crippen LogP contribution in [0, 0.1) is 5.92 Å². The lowest BCUT2D eigenvalue weighted by molar-refractivity contribution is -0.150. The van der Waals surface area contributed by atoms with Crippen molar-refractivity contribution in [2.45, 2.75) is 25.7 Å². The number of H-pyrrole nitrogens is 1. The van der Waals surface area contributed by atoms with E-state index in [9.17, 15) is 15.0 Å². The third kappa shape index (κ3) is 3.89. The summed E-state index contributed by atoms with van der Waals surface area (Å²) in [5.41, 5.74) is 2.29. The Labute approximate surface area is 141 Å². The van der Waals surface area contributed by atoms with Crippen LogP contribution in [0.1, 0.15) is 17.5 Å². The summed E-state index contributed by atoms with van der Waals surface area (Å²) in [5, 5.41) is 27.4. The first-order valence-electron chi connectivity index (χ1n) is 7.03. The Bertz CT molecular complexity index is 688. The molecule has 0 amide bonds. The molecule has 0 aliphatic heterocycles. The number of methoxy groups -OCH3 is 2. The predicted molar refractivity (Wildman–Crippen MR) is 86.6 cm³/mol. The van der Waals surface area contributed by atoms with Gasteiger partial charge in [0.15, 0.2) is 6.29 Å². The maximum absolute atomic E-state index is 11.6. The molecule has 0 spiro atoms. The van der Waals surface area contributed by atoms with E-state index in [2.05, 4.69) is 30.9 Å². The van der Waals surface area contributed by atoms with Gasteiger partial charge in [-0.2, -0.15) is 5.10 Å². The summed E-state index contributed by atoms with van der Waals surface area (Å²) >= 11 is 3.46. The fourth-order valence-corrected chi connectivity index (χ4v) is 3.18. The van der Waals surface area contributed by atoms with Crippen molar-refractivity contribution in [3.8, 4) is 0 Å². The SMILES string of the molecule is COC(=O)C[C@H](Cc1cc(Br)c2[nH]ncc2c1CO)C(O)OC. The minimum absolute atomic E-state index is 0.0113. The fourth-order valence-electron chi connectivity index (χ4n) is 2.60. The van der Waals surface area contributed by atoms with Crippen LogP contribution in [0.4, 0.5) is 0 Å². The molecule has 2 rings (SSSR count). The topological polar surface area (TPSA) is 105 Å². The highest BCUT2D eigenvalue weighted by molar-refractivity contribution is 9.10. The zero-order valence-electron chi connectivity index (χ0n) is 12.9. The van der Waals surface area contributed by atoms with E-state index in [1.165, 1.54) is 14.2 Å². The largest absolute Gasteiger partial charge is 0.469 e. The van der Waals surface area contributed by atoms with Crippen LogP contribution < -0.4 is 0 Å². The van der Waals surface area contributed by atoms with E-state index in [1.807, 2.05) is 6.07 Å². The van der Waals surface area contributed by atoms with Gasteiger partial charge >= 0.3 is 5.97 Å². The van der Waals surface area contributed by atoms with Crippen LogP contribution in [0.3, 0.4) is 0 Å². The van der Waals surface area contributed by atoms with Gasteiger partial charge in [-0.25, -0.2) is 0 Å². The average molecular weight is 387 g/mol. The molecule has 1 aromatic carbocycles. The number of fused-ring (bicyclic) bond motifs is 1. The van der Waals surface area contributed by atoms with Crippen LogP contribution in [0.2, 0.25) is 0 Å². The quantitative estimate of drug-likeness (QED) is 0.491. The number of aliphatic hydroxyl groups is 2. The number of nitrogens with zero attached hydrogens (tertiary/aromatic N) is 1. The van der Waals surface area contributed by atoms with Crippen LogP contribution in [0.15, 0.2) is 16.7 Å². The second-order valence-electron chi connectivity index (χ2n) is 5.18. The van der Waals surface area contributed by atoms with Crippen molar-refractivity contribution in [1.82, 2.24) is 10.2 Å². The van der Waals surface area contributed by atoms with Crippen molar-refractivity contribution in [1.29, 1.82) is 0 Å². The van der Waals surface area contributed by atoms with E-state index in [4.69, 9.17) is 4.74 Å². The summed E-state index contributed by atoms with van der Waals surface area (Å²) in [4.78, 5) is 11.6. The number of carbonyl (C=O) groups excluding carboxylic acids is 1. The minimum Gasteiger partial charge on any atom is -0.469 e. The lowest BCUT2D eigenvalue weighted by Gasteiger charge is -2.22. The summed E-state index contributed by atoms with van der Waals surface area (Å²) in [6, 6.07) is 1.85. The number of aromatic nitrogens is 2. The van der Waals surface area contributed by atoms with Crippen molar-refractivity contribution in [2.24, 2.45) is 5.92 Å². The van der Waals surface area contributed by atoms with E-state index in [0.717, 1.165) is 20.9 Å². The zero-order chi connectivity index (χ0) is 17.0. The molecule has 1 unspecified atom stereocenters. The normalized spacial score (nSPS) is 14.0. The number of halogens is 1.